The number of nitrogens with zero attached hydrogens (tertiary/aromatic N) is 2. The number of aromatic nitrogens is 2. The molecule has 3 nitrogen and oxygen atoms in total. The van der Waals surface area contributed by atoms with Gasteiger partial charge in [-0.1, -0.05) is 18.2 Å². The second-order valence-electron chi connectivity index (χ2n) is 2.98. The Hall–Kier alpha value is -1.74. The number of nitrogens with two attached hydrogens (primary N) is 1. The van der Waals surface area contributed by atoms with Gasteiger partial charge in [-0.25, -0.2) is 9.97 Å². The third-order valence-corrected chi connectivity index (χ3v) is 1.99. The van der Waals surface area contributed by atoms with Gasteiger partial charge in [0.25, 0.3) is 0 Å². The van der Waals surface area contributed by atoms with Crippen molar-refractivity contribution in [3.63, 3.8) is 0 Å². The minimum Gasteiger partial charge on any atom is -0.326 e. The summed E-state index contributed by atoms with van der Waals surface area (Å²) in [5.41, 5.74) is 7.66. The average molecular weight is 185 g/mol. The maximum absolute atomic E-state index is 5.56. The zero-order chi connectivity index (χ0) is 9.80. The molecule has 0 atom stereocenters. The Morgan fingerprint density at radius 1 is 1.07 bits per heavy atom. The van der Waals surface area contributed by atoms with Gasteiger partial charge < -0.3 is 5.73 Å². The van der Waals surface area contributed by atoms with E-state index in [1.54, 1.807) is 18.5 Å². The van der Waals surface area contributed by atoms with E-state index in [1.807, 2.05) is 24.3 Å². The molecule has 3 heteroatoms. The van der Waals surface area contributed by atoms with Crippen molar-refractivity contribution in [1.29, 1.82) is 0 Å². The predicted octanol–water partition coefficient (Wildman–Crippen LogP) is 1.60. The fourth-order valence-electron chi connectivity index (χ4n) is 1.29. The summed E-state index contributed by atoms with van der Waals surface area (Å²) in [5.74, 6) is 0.739. The molecular weight excluding hydrogens is 174 g/mol. The Morgan fingerprint density at radius 3 is 2.57 bits per heavy atom. The van der Waals surface area contributed by atoms with Crippen LogP contribution in [0.15, 0.2) is 42.7 Å². The van der Waals surface area contributed by atoms with Crippen molar-refractivity contribution >= 4 is 0 Å². The van der Waals surface area contributed by atoms with Crippen LogP contribution >= 0.6 is 0 Å². The highest BCUT2D eigenvalue weighted by molar-refractivity contribution is 5.55. The van der Waals surface area contributed by atoms with Crippen LogP contribution in [0.3, 0.4) is 0 Å². The van der Waals surface area contributed by atoms with E-state index in [2.05, 4.69) is 9.97 Å². The molecule has 1 aromatic heterocycles. The molecule has 0 aliphatic rings. The van der Waals surface area contributed by atoms with Gasteiger partial charge in [0.1, 0.15) is 0 Å². The SMILES string of the molecule is NCc1cccc(-c2ncccn2)c1. The highest BCUT2D eigenvalue weighted by Gasteiger charge is 1.99. The van der Waals surface area contributed by atoms with E-state index in [9.17, 15) is 0 Å². The van der Waals surface area contributed by atoms with Crippen molar-refractivity contribution in [3.8, 4) is 11.4 Å². The van der Waals surface area contributed by atoms with Gasteiger partial charge in [0.05, 0.1) is 0 Å². The van der Waals surface area contributed by atoms with Crippen LogP contribution in [0.25, 0.3) is 11.4 Å². The van der Waals surface area contributed by atoms with E-state index in [1.165, 1.54) is 0 Å². The van der Waals surface area contributed by atoms with Crippen molar-refractivity contribution in [2.75, 3.05) is 0 Å². The Morgan fingerprint density at radius 2 is 1.86 bits per heavy atom. The zero-order valence-electron chi connectivity index (χ0n) is 7.72. The quantitative estimate of drug-likeness (QED) is 0.773. The van der Waals surface area contributed by atoms with Crippen LogP contribution in [-0.4, -0.2) is 9.97 Å². The largest absolute Gasteiger partial charge is 0.326 e. The average Bonchev–Trinajstić information content (AvgIpc) is 2.30. The molecular formula is C11H11N3. The molecule has 0 saturated heterocycles. The molecule has 1 aromatic carbocycles. The molecule has 0 fully saturated rings. The summed E-state index contributed by atoms with van der Waals surface area (Å²) < 4.78 is 0. The molecule has 0 spiro atoms. The topological polar surface area (TPSA) is 51.8 Å². The molecule has 0 aliphatic heterocycles. The molecule has 0 aliphatic carbocycles. The molecule has 2 N–H and O–H groups in total. The molecule has 0 saturated carbocycles. The summed E-state index contributed by atoms with van der Waals surface area (Å²) in [6.45, 7) is 0.542. The maximum atomic E-state index is 5.56. The van der Waals surface area contributed by atoms with E-state index >= 15 is 0 Å². The first-order chi connectivity index (χ1) is 6.90. The molecule has 0 unspecified atom stereocenters. The first-order valence-electron chi connectivity index (χ1n) is 4.46. The minimum absolute atomic E-state index is 0.542. The Labute approximate surface area is 82.6 Å². The van der Waals surface area contributed by atoms with Gasteiger partial charge in [0, 0.05) is 24.5 Å². The first kappa shape index (κ1) is 8.84. The van der Waals surface area contributed by atoms with Gasteiger partial charge in [-0.2, -0.15) is 0 Å². The lowest BCUT2D eigenvalue weighted by Gasteiger charge is -2.01. The molecule has 14 heavy (non-hydrogen) atoms. The van der Waals surface area contributed by atoms with E-state index in [-0.39, 0.29) is 0 Å². The smallest absolute Gasteiger partial charge is 0.159 e. The molecule has 2 aromatic rings. The second-order valence-corrected chi connectivity index (χ2v) is 2.98. The lowest BCUT2D eigenvalue weighted by molar-refractivity contribution is 1.07. The predicted molar refractivity (Wildman–Crippen MR) is 55.4 cm³/mol. The molecule has 0 amide bonds. The Bertz CT molecular complexity index is 412. The highest BCUT2D eigenvalue weighted by atomic mass is 14.8. The van der Waals surface area contributed by atoms with Crippen LogP contribution < -0.4 is 5.73 Å². The summed E-state index contributed by atoms with van der Waals surface area (Å²) in [5, 5.41) is 0. The number of rotatable bonds is 2. The Kier molecular flexibility index (Phi) is 2.51. The van der Waals surface area contributed by atoms with Gasteiger partial charge in [0.2, 0.25) is 0 Å². The van der Waals surface area contributed by atoms with E-state index in [4.69, 9.17) is 5.73 Å². The highest BCUT2D eigenvalue weighted by Crippen LogP contribution is 2.14. The van der Waals surface area contributed by atoms with Crippen molar-refractivity contribution < 1.29 is 0 Å². The van der Waals surface area contributed by atoms with E-state index < -0.39 is 0 Å². The Balaban J connectivity index is 2.42. The first-order valence-corrected chi connectivity index (χ1v) is 4.46. The molecule has 2 rings (SSSR count). The van der Waals surface area contributed by atoms with E-state index in [0.29, 0.717) is 6.54 Å². The standard InChI is InChI=1S/C11H11N3/c12-8-9-3-1-4-10(7-9)11-13-5-2-6-14-11/h1-7H,8,12H2. The summed E-state index contributed by atoms with van der Waals surface area (Å²) in [6.07, 6.45) is 3.47. The lowest BCUT2D eigenvalue weighted by atomic mass is 10.1. The third-order valence-electron chi connectivity index (χ3n) is 1.99. The lowest BCUT2D eigenvalue weighted by Crippen LogP contribution is -1.96. The maximum Gasteiger partial charge on any atom is 0.159 e. The summed E-state index contributed by atoms with van der Waals surface area (Å²) in [6, 6.07) is 9.75. The van der Waals surface area contributed by atoms with Crippen molar-refractivity contribution in [2.24, 2.45) is 5.73 Å². The van der Waals surface area contributed by atoms with Gasteiger partial charge in [0.15, 0.2) is 5.82 Å². The normalized spacial score (nSPS) is 10.1. The van der Waals surface area contributed by atoms with E-state index in [0.717, 1.165) is 17.0 Å². The number of hydrogen-bond acceptors (Lipinski definition) is 3. The fraction of sp³-hybridized carbons (Fsp3) is 0.0909. The molecule has 0 radical (unpaired) electrons. The van der Waals surface area contributed by atoms with Crippen LogP contribution in [0.4, 0.5) is 0 Å². The third kappa shape index (κ3) is 1.78. The van der Waals surface area contributed by atoms with Crippen LogP contribution in [0.1, 0.15) is 5.56 Å². The number of hydrogen-bond donors (Lipinski definition) is 1. The molecule has 0 bridgehead atoms. The van der Waals surface area contributed by atoms with Crippen molar-refractivity contribution in [3.05, 3.63) is 48.3 Å². The van der Waals surface area contributed by atoms with Crippen molar-refractivity contribution in [2.45, 2.75) is 6.54 Å². The summed E-state index contributed by atoms with van der Waals surface area (Å²) in [7, 11) is 0. The van der Waals surface area contributed by atoms with Gasteiger partial charge >= 0.3 is 0 Å². The van der Waals surface area contributed by atoms with Crippen molar-refractivity contribution in [1.82, 2.24) is 9.97 Å². The monoisotopic (exact) mass is 185 g/mol. The molecule has 70 valence electrons. The molecule has 1 heterocycles. The fourth-order valence-corrected chi connectivity index (χ4v) is 1.29. The van der Waals surface area contributed by atoms with Gasteiger partial charge in [-0.05, 0) is 17.7 Å². The van der Waals surface area contributed by atoms with Crippen LogP contribution in [-0.2, 0) is 6.54 Å². The van der Waals surface area contributed by atoms with Gasteiger partial charge in [-0.3, -0.25) is 0 Å². The van der Waals surface area contributed by atoms with Crippen LogP contribution in [0.5, 0.6) is 0 Å². The minimum atomic E-state index is 0.542. The van der Waals surface area contributed by atoms with Crippen LogP contribution in [0, 0.1) is 0 Å². The zero-order valence-corrected chi connectivity index (χ0v) is 7.72. The summed E-state index contributed by atoms with van der Waals surface area (Å²) in [4.78, 5) is 8.34. The second kappa shape index (κ2) is 3.98. The summed E-state index contributed by atoms with van der Waals surface area (Å²) >= 11 is 0. The number of benzene rings is 1. The van der Waals surface area contributed by atoms with Crippen LogP contribution in [0.2, 0.25) is 0 Å². The van der Waals surface area contributed by atoms with Gasteiger partial charge in [-0.15, -0.1) is 0 Å².